The van der Waals surface area contributed by atoms with Crippen LogP contribution in [0.15, 0.2) is 11.3 Å². The molecule has 13 atom stereocenters. The lowest BCUT2D eigenvalue weighted by molar-refractivity contribution is -0.158. The molecule has 4 saturated carbocycles. The highest BCUT2D eigenvalue weighted by Gasteiger charge is 2.59. The summed E-state index contributed by atoms with van der Waals surface area (Å²) in [5, 5.41) is 37.2. The molecule has 0 aromatic carbocycles. The van der Waals surface area contributed by atoms with Crippen molar-refractivity contribution in [2.45, 2.75) is 149 Å². The van der Waals surface area contributed by atoms with Crippen molar-refractivity contribution in [3.63, 3.8) is 0 Å². The molecule has 2 heterocycles. The third-order valence-electron chi connectivity index (χ3n) is 13.8. The van der Waals surface area contributed by atoms with Crippen LogP contribution in [0.4, 0.5) is 0 Å². The quantitative estimate of drug-likeness (QED) is 0.0442. The van der Waals surface area contributed by atoms with Gasteiger partial charge < -0.3 is 46.0 Å². The Morgan fingerprint density at radius 2 is 1.76 bits per heavy atom. The summed E-state index contributed by atoms with van der Waals surface area (Å²) in [6, 6.07) is -0.204. The summed E-state index contributed by atoms with van der Waals surface area (Å²) < 4.78 is 4.93. The van der Waals surface area contributed by atoms with E-state index in [2.05, 4.69) is 48.6 Å². The number of terminal acetylenes is 2. The van der Waals surface area contributed by atoms with Gasteiger partial charge in [-0.25, -0.2) is 0 Å². The number of carbonyl (C=O) groups excluding carboxylic acids is 4. The third-order valence-corrected chi connectivity index (χ3v) is 15.2. The van der Waals surface area contributed by atoms with Crippen molar-refractivity contribution in [2.75, 3.05) is 46.2 Å². The highest BCUT2D eigenvalue weighted by Crippen LogP contribution is 2.64. The number of ether oxygens (including phenoxy) is 1. The molecule has 0 radical (unpaired) electrons. The summed E-state index contributed by atoms with van der Waals surface area (Å²) in [6.45, 7) is 19.1. The number of hydrogen-bond donors (Lipinski definition) is 7. The number of aldehydes is 1. The first-order chi connectivity index (χ1) is 29.9. The van der Waals surface area contributed by atoms with E-state index in [4.69, 9.17) is 26.8 Å². The molecular formula is C48H85N5O8S. The number of nitrogens with one attached hydrogen (secondary N) is 3. The predicted molar refractivity (Wildman–Crippen MR) is 252 cm³/mol. The van der Waals surface area contributed by atoms with Crippen molar-refractivity contribution in [2.24, 2.45) is 52.6 Å². The minimum Gasteiger partial charge on any atom is -0.400 e. The molecule has 8 N–H and O–H groups in total. The standard InChI is InChI=1S/C23H38O3.C13H23N5O2S.C6H10O.C2H6.C2H2.CH4O.CH2O/c1-14(4-3-11-24)17-5-6-19-18(17)7-8-20-22(19)21(26)13-15-12-16(25)9-10-23(15,20)2;1-4-16-8(5-14)17-11(19)10-7(2)6-21-13-9(15-3)12(20)18(10)13;1-3-5-6-7-4-2;4*1-2/h11,14-22,25-26H,3-10,12-13H2,1-2H3;8-9,13,15-16H,4-6,14H2,1-3H3,(H,17,19);1H,4-6H2,2H3;1-2H3;1-2H;2H,1H3;1H2. The molecule has 6 aliphatic rings. The van der Waals surface area contributed by atoms with Crippen molar-refractivity contribution >= 4 is 36.7 Å². The van der Waals surface area contributed by atoms with Crippen LogP contribution in [0.2, 0.25) is 0 Å². The van der Waals surface area contributed by atoms with Gasteiger partial charge in [0.05, 0.1) is 25.0 Å². The van der Waals surface area contributed by atoms with Crippen LogP contribution in [-0.4, -0.2) is 121 Å². The summed E-state index contributed by atoms with van der Waals surface area (Å²) in [6.07, 6.45) is 24.9. The van der Waals surface area contributed by atoms with Crippen molar-refractivity contribution in [1.29, 1.82) is 0 Å². The fourth-order valence-corrected chi connectivity index (χ4v) is 12.4. The van der Waals surface area contributed by atoms with E-state index < -0.39 is 0 Å². The van der Waals surface area contributed by atoms with Gasteiger partial charge in [0.2, 0.25) is 5.91 Å². The maximum atomic E-state index is 12.5. The Kier molecular flexibility index (Phi) is 30.5. The van der Waals surface area contributed by atoms with E-state index in [1.165, 1.54) is 25.7 Å². The van der Waals surface area contributed by atoms with E-state index in [1.807, 2.05) is 41.4 Å². The summed E-state index contributed by atoms with van der Waals surface area (Å²) in [7, 11) is 2.76. The van der Waals surface area contributed by atoms with Crippen molar-refractivity contribution in [3.8, 4) is 25.2 Å². The second-order valence-corrected chi connectivity index (χ2v) is 17.9. The molecule has 14 heteroatoms. The number of carbonyl (C=O) groups is 4. The van der Waals surface area contributed by atoms with Gasteiger partial charge >= 0.3 is 0 Å². The van der Waals surface area contributed by atoms with Gasteiger partial charge in [0, 0.05) is 38.9 Å². The summed E-state index contributed by atoms with van der Waals surface area (Å²) in [4.78, 5) is 45.0. The molecule has 2 aliphatic heterocycles. The smallest absolute Gasteiger partial charge is 0.269 e. The van der Waals surface area contributed by atoms with Crippen molar-refractivity contribution < 1.29 is 39.2 Å². The molecule has 0 bridgehead atoms. The third kappa shape index (κ3) is 15.2. The predicted octanol–water partition coefficient (Wildman–Crippen LogP) is 4.72. The maximum absolute atomic E-state index is 12.5. The lowest BCUT2D eigenvalue weighted by Crippen LogP contribution is -2.70. The minimum atomic E-state index is -0.285. The van der Waals surface area contributed by atoms with Crippen LogP contribution >= 0.6 is 11.8 Å². The average molecular weight is 892 g/mol. The SMILES string of the molecule is C#C.C#CCCOCC.C=O.CC.CC(CCC=O)C1CCC2C1CCC1C2C(O)CC2CC(O)CCC21C.CCNC(CN)NC(=O)C1=C(C)CSC2C(NC)C(=O)N12.CO. The molecule has 356 valence electrons. The van der Waals surface area contributed by atoms with Gasteiger partial charge in [-0.15, -0.1) is 37.0 Å². The number of rotatable bonds is 13. The number of fused-ring (bicyclic) bond motifs is 6. The molecular weight excluding hydrogens is 807 g/mol. The lowest BCUT2D eigenvalue weighted by atomic mass is 9.46. The Balaban J connectivity index is 0.000000926. The van der Waals surface area contributed by atoms with Gasteiger partial charge in [0.1, 0.15) is 30.2 Å². The molecule has 0 aromatic rings. The number of β-lactam (4-membered cyclic amide) rings is 1. The highest BCUT2D eigenvalue weighted by molar-refractivity contribution is 8.00. The second kappa shape index (κ2) is 32.0. The first-order valence-electron chi connectivity index (χ1n) is 22.9. The molecule has 5 fully saturated rings. The zero-order valence-electron chi connectivity index (χ0n) is 39.6. The summed E-state index contributed by atoms with van der Waals surface area (Å²) in [5.74, 6) is 7.43. The van der Waals surface area contributed by atoms with Gasteiger partial charge in [-0.3, -0.25) is 19.8 Å². The number of amides is 2. The summed E-state index contributed by atoms with van der Waals surface area (Å²) >= 11 is 1.68. The topological polar surface area (TPSA) is 204 Å². The number of aliphatic hydroxyl groups excluding tert-OH is 3. The zero-order valence-corrected chi connectivity index (χ0v) is 40.4. The number of nitrogens with zero attached hydrogens (tertiary/aromatic N) is 1. The average Bonchev–Trinajstić information content (AvgIpc) is 3.74. The maximum Gasteiger partial charge on any atom is 0.269 e. The lowest BCUT2D eigenvalue weighted by Gasteiger charge is -2.60. The molecule has 62 heavy (non-hydrogen) atoms. The van der Waals surface area contributed by atoms with Crippen LogP contribution in [0.3, 0.4) is 0 Å². The van der Waals surface area contributed by atoms with E-state index in [9.17, 15) is 24.6 Å². The molecule has 4 aliphatic carbocycles. The first-order valence-corrected chi connectivity index (χ1v) is 23.9. The molecule has 1 saturated heterocycles. The first kappa shape index (κ1) is 59.2. The Hall–Kier alpha value is -2.79. The number of nitrogens with two attached hydrogens (primary N) is 1. The van der Waals surface area contributed by atoms with Crippen LogP contribution in [-0.2, 0) is 23.9 Å². The molecule has 13 nitrogen and oxygen atoms in total. The van der Waals surface area contributed by atoms with Crippen LogP contribution in [0.25, 0.3) is 0 Å². The van der Waals surface area contributed by atoms with E-state index >= 15 is 0 Å². The fourth-order valence-electron chi connectivity index (χ4n) is 11.0. The number of thioether (sulfide) groups is 1. The van der Waals surface area contributed by atoms with Crippen molar-refractivity contribution in [1.82, 2.24) is 20.9 Å². The molecule has 6 rings (SSSR count). The fraction of sp³-hybridized carbons (Fsp3) is 0.792. The Labute approximate surface area is 379 Å². The van der Waals surface area contributed by atoms with E-state index in [0.29, 0.717) is 66.8 Å². The van der Waals surface area contributed by atoms with Crippen molar-refractivity contribution in [3.05, 3.63) is 11.3 Å². The largest absolute Gasteiger partial charge is 0.400 e. The van der Waals surface area contributed by atoms with Gasteiger partial charge in [0.15, 0.2) is 0 Å². The van der Waals surface area contributed by atoms with Gasteiger partial charge in [0.25, 0.3) is 5.91 Å². The normalized spacial score (nSPS) is 31.8. The Morgan fingerprint density at radius 1 is 1.11 bits per heavy atom. The Morgan fingerprint density at radius 3 is 2.32 bits per heavy atom. The molecule has 2 amide bonds. The monoisotopic (exact) mass is 892 g/mol. The summed E-state index contributed by atoms with van der Waals surface area (Å²) in [5.41, 5.74) is 7.36. The molecule has 0 aromatic heterocycles. The number of likely N-dealkylation sites (N-methyl/N-ethyl adjacent to an activating group) is 2. The minimum absolute atomic E-state index is 0.00223. The molecule has 13 unspecified atom stereocenters. The van der Waals surface area contributed by atoms with Crippen LogP contribution in [0, 0.1) is 72.0 Å². The zero-order chi connectivity index (χ0) is 47.6. The highest BCUT2D eigenvalue weighted by atomic mass is 32.2. The van der Waals surface area contributed by atoms with Gasteiger partial charge in [-0.1, -0.05) is 34.6 Å². The van der Waals surface area contributed by atoms with E-state index in [0.717, 1.165) is 81.7 Å². The van der Waals surface area contributed by atoms with Crippen LogP contribution < -0.4 is 21.7 Å². The van der Waals surface area contributed by atoms with E-state index in [-0.39, 0.29) is 41.6 Å². The van der Waals surface area contributed by atoms with Gasteiger partial charge in [-0.05, 0) is 138 Å². The molecule has 0 spiro atoms. The van der Waals surface area contributed by atoms with Crippen LogP contribution in [0.1, 0.15) is 119 Å². The number of aliphatic hydroxyl groups is 3. The second-order valence-electron chi connectivity index (χ2n) is 16.8. The Bertz CT molecular complexity index is 1390. The van der Waals surface area contributed by atoms with E-state index in [1.54, 1.807) is 23.7 Å². The number of hydrogen-bond acceptors (Lipinski definition) is 12. The van der Waals surface area contributed by atoms with Crippen LogP contribution in [0.5, 0.6) is 0 Å². The van der Waals surface area contributed by atoms with Gasteiger partial charge in [-0.2, -0.15) is 0 Å².